The molecule has 0 N–H and O–H groups in total. The Morgan fingerprint density at radius 3 is 2.11 bits per heavy atom. The van der Waals surface area contributed by atoms with Crippen LogP contribution in [0.3, 0.4) is 0 Å². The lowest BCUT2D eigenvalue weighted by molar-refractivity contribution is -0.141. The van der Waals surface area contributed by atoms with Gasteiger partial charge in [-0.2, -0.15) is 0 Å². The molecular formula is C21H25NO6. The molecule has 150 valence electrons. The topological polar surface area (TPSA) is 82.1 Å². The summed E-state index contributed by atoms with van der Waals surface area (Å²) in [5, 5.41) is 0. The molecule has 0 amide bonds. The van der Waals surface area contributed by atoms with Gasteiger partial charge in [0.2, 0.25) is 0 Å². The van der Waals surface area contributed by atoms with E-state index in [1.807, 2.05) is 47.5 Å². The van der Waals surface area contributed by atoms with Crippen LogP contribution in [0.5, 0.6) is 0 Å². The zero-order chi connectivity index (χ0) is 20.5. The van der Waals surface area contributed by atoms with Crippen molar-refractivity contribution in [2.45, 2.75) is 31.7 Å². The number of benzene rings is 1. The third-order valence-electron chi connectivity index (χ3n) is 4.50. The van der Waals surface area contributed by atoms with Gasteiger partial charge < -0.3 is 19.1 Å². The van der Waals surface area contributed by atoms with Crippen LogP contribution in [0.4, 0.5) is 5.69 Å². The molecule has 1 aromatic carbocycles. The van der Waals surface area contributed by atoms with Crippen LogP contribution in [-0.2, 0) is 28.6 Å². The van der Waals surface area contributed by atoms with Crippen LogP contribution in [-0.4, -0.2) is 45.3 Å². The Kier molecular flexibility index (Phi) is 7.80. The van der Waals surface area contributed by atoms with Gasteiger partial charge in [0, 0.05) is 18.3 Å². The Labute approximate surface area is 164 Å². The molecule has 1 atom stereocenters. The van der Waals surface area contributed by atoms with Crippen LogP contribution in [0, 0.1) is 0 Å². The van der Waals surface area contributed by atoms with E-state index in [2.05, 4.69) is 0 Å². The third kappa shape index (κ3) is 5.70. The van der Waals surface area contributed by atoms with Crippen LogP contribution < -0.4 is 4.90 Å². The SMILES string of the molecule is COC(=O)CCC1C(CC(=O)OC)=CC(CC(=O)OC)=CN1c1ccccc1. The number of nitrogens with zero attached hydrogens (tertiary/aromatic N) is 1. The predicted molar refractivity (Wildman–Crippen MR) is 103 cm³/mol. The summed E-state index contributed by atoms with van der Waals surface area (Å²) in [6, 6.07) is 9.32. The van der Waals surface area contributed by atoms with Crippen molar-refractivity contribution >= 4 is 23.6 Å². The van der Waals surface area contributed by atoms with Gasteiger partial charge in [0.1, 0.15) is 0 Å². The lowest BCUT2D eigenvalue weighted by Crippen LogP contribution is -2.37. The summed E-state index contributed by atoms with van der Waals surface area (Å²) < 4.78 is 14.4. The largest absolute Gasteiger partial charge is 0.469 e. The zero-order valence-electron chi connectivity index (χ0n) is 16.3. The average molecular weight is 387 g/mol. The molecule has 0 aliphatic carbocycles. The van der Waals surface area contributed by atoms with Gasteiger partial charge in [0.25, 0.3) is 0 Å². The van der Waals surface area contributed by atoms with Crippen molar-refractivity contribution in [3.8, 4) is 0 Å². The molecule has 7 heteroatoms. The second-order valence-electron chi connectivity index (χ2n) is 6.30. The highest BCUT2D eigenvalue weighted by molar-refractivity contribution is 5.77. The summed E-state index contributed by atoms with van der Waals surface area (Å²) in [6.07, 6.45) is 4.46. The van der Waals surface area contributed by atoms with E-state index in [9.17, 15) is 14.4 Å². The van der Waals surface area contributed by atoms with Crippen molar-refractivity contribution in [1.29, 1.82) is 0 Å². The highest BCUT2D eigenvalue weighted by Gasteiger charge is 2.28. The minimum Gasteiger partial charge on any atom is -0.469 e. The maximum atomic E-state index is 12.0. The van der Waals surface area contributed by atoms with Crippen LogP contribution >= 0.6 is 0 Å². The van der Waals surface area contributed by atoms with Gasteiger partial charge in [-0.15, -0.1) is 0 Å². The first-order valence-electron chi connectivity index (χ1n) is 8.93. The van der Waals surface area contributed by atoms with Crippen molar-refractivity contribution in [3.63, 3.8) is 0 Å². The second-order valence-corrected chi connectivity index (χ2v) is 6.30. The number of hydrogen-bond donors (Lipinski definition) is 0. The molecule has 1 heterocycles. The summed E-state index contributed by atoms with van der Waals surface area (Å²) in [5.41, 5.74) is 2.36. The van der Waals surface area contributed by atoms with Gasteiger partial charge in [0.15, 0.2) is 0 Å². The number of methoxy groups -OCH3 is 3. The number of esters is 3. The zero-order valence-corrected chi connectivity index (χ0v) is 16.3. The van der Waals surface area contributed by atoms with Crippen molar-refractivity contribution in [3.05, 3.63) is 53.8 Å². The molecule has 28 heavy (non-hydrogen) atoms. The first kappa shape index (κ1) is 21.2. The number of carbonyl (C=O) groups is 3. The Bertz CT molecular complexity index is 768. The van der Waals surface area contributed by atoms with Gasteiger partial charge >= 0.3 is 17.9 Å². The Morgan fingerprint density at radius 1 is 0.893 bits per heavy atom. The molecule has 1 unspecified atom stereocenters. The Balaban J connectivity index is 2.41. The number of hydrogen-bond acceptors (Lipinski definition) is 7. The fourth-order valence-corrected chi connectivity index (χ4v) is 3.10. The molecule has 1 aliphatic rings. The number of para-hydroxylation sites is 1. The summed E-state index contributed by atoms with van der Waals surface area (Å²) in [6.45, 7) is 0. The van der Waals surface area contributed by atoms with E-state index in [0.717, 1.165) is 11.3 Å². The summed E-state index contributed by atoms with van der Waals surface area (Å²) in [4.78, 5) is 37.4. The van der Waals surface area contributed by atoms with Crippen LogP contribution in [0.2, 0.25) is 0 Å². The molecule has 1 aromatic rings. The number of allylic oxidation sites excluding steroid dienone is 1. The van der Waals surface area contributed by atoms with Gasteiger partial charge in [-0.3, -0.25) is 14.4 Å². The molecule has 7 nitrogen and oxygen atoms in total. The average Bonchev–Trinajstić information content (AvgIpc) is 2.72. The van der Waals surface area contributed by atoms with E-state index in [0.29, 0.717) is 12.0 Å². The maximum absolute atomic E-state index is 12.0. The molecule has 0 spiro atoms. The smallest absolute Gasteiger partial charge is 0.310 e. The summed E-state index contributed by atoms with van der Waals surface area (Å²) in [5.74, 6) is -1.09. The van der Waals surface area contributed by atoms with E-state index in [-0.39, 0.29) is 43.2 Å². The number of rotatable bonds is 8. The van der Waals surface area contributed by atoms with E-state index >= 15 is 0 Å². The third-order valence-corrected chi connectivity index (χ3v) is 4.50. The van der Waals surface area contributed by atoms with Crippen molar-refractivity contribution in [2.75, 3.05) is 26.2 Å². The predicted octanol–water partition coefficient (Wildman–Crippen LogP) is 2.76. The summed E-state index contributed by atoms with van der Waals surface area (Å²) >= 11 is 0. The van der Waals surface area contributed by atoms with Crippen LogP contribution in [0.1, 0.15) is 25.7 Å². The minimum absolute atomic E-state index is 0.0597. The molecule has 0 radical (unpaired) electrons. The fraction of sp³-hybridized carbons (Fsp3) is 0.381. The van der Waals surface area contributed by atoms with E-state index in [1.165, 1.54) is 21.3 Å². The maximum Gasteiger partial charge on any atom is 0.310 e. The van der Waals surface area contributed by atoms with Crippen LogP contribution in [0.25, 0.3) is 0 Å². The molecule has 0 fully saturated rings. The van der Waals surface area contributed by atoms with Crippen LogP contribution in [0.15, 0.2) is 53.8 Å². The number of ether oxygens (including phenoxy) is 3. The monoisotopic (exact) mass is 387 g/mol. The van der Waals surface area contributed by atoms with E-state index in [4.69, 9.17) is 14.2 Å². The van der Waals surface area contributed by atoms with E-state index < -0.39 is 0 Å². The molecule has 2 rings (SSSR count). The van der Waals surface area contributed by atoms with Gasteiger partial charge in [-0.05, 0) is 29.7 Å². The van der Waals surface area contributed by atoms with Crippen molar-refractivity contribution in [1.82, 2.24) is 0 Å². The molecule has 0 saturated carbocycles. The number of carbonyl (C=O) groups excluding carboxylic acids is 3. The standard InChI is InChI=1S/C21H25NO6/c1-26-19(23)10-9-18-16(13-21(25)28-3)11-15(12-20(24)27-2)14-22(18)17-7-5-4-6-8-17/h4-8,11,14,18H,9-10,12-13H2,1-3H3. The molecule has 0 aromatic heterocycles. The lowest BCUT2D eigenvalue weighted by Gasteiger charge is -2.36. The molecule has 0 saturated heterocycles. The Hall–Kier alpha value is -3.09. The first-order valence-corrected chi connectivity index (χ1v) is 8.93. The second kappa shape index (κ2) is 10.3. The van der Waals surface area contributed by atoms with Gasteiger partial charge in [0.05, 0.1) is 40.2 Å². The fourth-order valence-electron chi connectivity index (χ4n) is 3.10. The lowest BCUT2D eigenvalue weighted by atomic mass is 9.91. The van der Waals surface area contributed by atoms with Crippen molar-refractivity contribution in [2.24, 2.45) is 0 Å². The van der Waals surface area contributed by atoms with Crippen molar-refractivity contribution < 1.29 is 28.6 Å². The van der Waals surface area contributed by atoms with Gasteiger partial charge in [-0.25, -0.2) is 0 Å². The summed E-state index contributed by atoms with van der Waals surface area (Å²) in [7, 11) is 4.01. The van der Waals surface area contributed by atoms with Gasteiger partial charge in [-0.1, -0.05) is 24.3 Å². The molecule has 0 bridgehead atoms. The van der Waals surface area contributed by atoms with E-state index in [1.54, 1.807) is 0 Å². The number of anilines is 1. The minimum atomic E-state index is -0.387. The first-order chi connectivity index (χ1) is 13.5. The molecular weight excluding hydrogens is 362 g/mol. The Morgan fingerprint density at radius 2 is 1.50 bits per heavy atom. The highest BCUT2D eigenvalue weighted by atomic mass is 16.5. The molecule has 1 aliphatic heterocycles. The quantitative estimate of drug-likeness (QED) is 0.501. The normalized spacial score (nSPS) is 16.0. The highest BCUT2D eigenvalue weighted by Crippen LogP contribution is 2.32.